The summed E-state index contributed by atoms with van der Waals surface area (Å²) in [5.41, 5.74) is -0.726. The second kappa shape index (κ2) is 8.01. The zero-order valence-electron chi connectivity index (χ0n) is 17.7. The SMILES string of the molecule is CC(C)(C)OC(=O)N1C[C@H]2C[C@H](Nc3ccc(-c4cc(F)cc(F)c4F)nn3)C[C@H]2C1. The number of nitrogens with zero attached hydrogens (tertiary/aromatic N) is 3. The number of hydrogen-bond donors (Lipinski definition) is 1. The number of carbonyl (C=O) groups is 1. The first-order valence-corrected chi connectivity index (χ1v) is 10.3. The maximum atomic E-state index is 13.9. The van der Waals surface area contributed by atoms with E-state index in [-0.39, 0.29) is 23.4 Å². The first kappa shape index (κ1) is 21.4. The van der Waals surface area contributed by atoms with E-state index < -0.39 is 23.1 Å². The molecular formula is C22H25F3N4O2. The summed E-state index contributed by atoms with van der Waals surface area (Å²) in [7, 11) is 0. The van der Waals surface area contributed by atoms with E-state index >= 15 is 0 Å². The van der Waals surface area contributed by atoms with Crippen molar-refractivity contribution in [2.45, 2.75) is 45.3 Å². The van der Waals surface area contributed by atoms with Gasteiger partial charge in [-0.1, -0.05) is 0 Å². The molecule has 1 aliphatic heterocycles. The Hall–Kier alpha value is -2.84. The molecule has 4 rings (SSSR count). The van der Waals surface area contributed by atoms with Gasteiger partial charge in [0.2, 0.25) is 0 Å². The first-order chi connectivity index (χ1) is 14.6. The molecule has 31 heavy (non-hydrogen) atoms. The van der Waals surface area contributed by atoms with E-state index in [4.69, 9.17) is 4.74 Å². The summed E-state index contributed by atoms with van der Waals surface area (Å²) in [6, 6.07) is 4.66. The van der Waals surface area contributed by atoms with Crippen LogP contribution >= 0.6 is 0 Å². The largest absolute Gasteiger partial charge is 0.444 e. The van der Waals surface area contributed by atoms with Crippen LogP contribution in [0.4, 0.5) is 23.8 Å². The lowest BCUT2D eigenvalue weighted by molar-refractivity contribution is 0.0280. The third-order valence-electron chi connectivity index (χ3n) is 5.69. The Morgan fingerprint density at radius 3 is 2.35 bits per heavy atom. The molecule has 1 aromatic heterocycles. The topological polar surface area (TPSA) is 67.3 Å². The second-order valence-corrected chi connectivity index (χ2v) is 9.27. The van der Waals surface area contributed by atoms with Crippen molar-refractivity contribution in [3.8, 4) is 11.3 Å². The molecule has 1 saturated carbocycles. The lowest BCUT2D eigenvalue weighted by Crippen LogP contribution is -2.36. The molecule has 0 radical (unpaired) electrons. The highest BCUT2D eigenvalue weighted by molar-refractivity contribution is 5.68. The van der Waals surface area contributed by atoms with Crippen molar-refractivity contribution in [2.75, 3.05) is 18.4 Å². The Morgan fingerprint density at radius 1 is 1.10 bits per heavy atom. The van der Waals surface area contributed by atoms with Gasteiger partial charge < -0.3 is 15.0 Å². The number of likely N-dealkylation sites (tertiary alicyclic amines) is 1. The third-order valence-corrected chi connectivity index (χ3v) is 5.69. The van der Waals surface area contributed by atoms with E-state index in [9.17, 15) is 18.0 Å². The standard InChI is InChI=1S/C22H25F3N4O2/c1-22(2,3)31-21(30)29-10-12-6-15(7-13(12)11-29)26-19-5-4-18(27-28-19)16-8-14(23)9-17(24)20(16)25/h4-5,8-9,12-13,15H,6-7,10-11H2,1-3H3,(H,26,28)/t12-,13+,15+. The van der Waals surface area contributed by atoms with Crippen molar-refractivity contribution in [3.05, 3.63) is 41.7 Å². The monoisotopic (exact) mass is 434 g/mol. The van der Waals surface area contributed by atoms with E-state index in [0.717, 1.165) is 18.9 Å². The number of ether oxygens (including phenoxy) is 1. The zero-order valence-corrected chi connectivity index (χ0v) is 17.7. The normalized spacial score (nSPS) is 23.0. The Labute approximate surface area is 178 Å². The Bertz CT molecular complexity index is 964. The molecule has 2 aliphatic rings. The predicted molar refractivity (Wildman–Crippen MR) is 109 cm³/mol. The molecule has 2 heterocycles. The summed E-state index contributed by atoms with van der Waals surface area (Å²) in [5.74, 6) is -2.01. The van der Waals surface area contributed by atoms with Gasteiger partial charge in [-0.15, -0.1) is 10.2 Å². The highest BCUT2D eigenvalue weighted by Gasteiger charge is 2.43. The van der Waals surface area contributed by atoms with Crippen LogP contribution in [-0.4, -0.2) is 45.9 Å². The third kappa shape index (κ3) is 4.75. The molecule has 0 bridgehead atoms. The number of nitrogens with one attached hydrogen (secondary N) is 1. The van der Waals surface area contributed by atoms with Crippen LogP contribution in [0.1, 0.15) is 33.6 Å². The Balaban J connectivity index is 1.35. The number of rotatable bonds is 3. The molecule has 0 spiro atoms. The maximum Gasteiger partial charge on any atom is 0.410 e. The highest BCUT2D eigenvalue weighted by Crippen LogP contribution is 2.39. The molecule has 2 aromatic rings. The van der Waals surface area contributed by atoms with Crippen molar-refractivity contribution < 1.29 is 22.7 Å². The number of anilines is 1. The summed E-state index contributed by atoms with van der Waals surface area (Å²) in [6.07, 6.45) is 1.50. The lowest BCUT2D eigenvalue weighted by atomic mass is 10.0. The minimum absolute atomic E-state index is 0.0535. The molecule has 1 amide bonds. The molecule has 1 N–H and O–H groups in total. The zero-order chi connectivity index (χ0) is 22.3. The molecule has 1 aliphatic carbocycles. The van der Waals surface area contributed by atoms with Crippen LogP contribution in [0.15, 0.2) is 24.3 Å². The van der Waals surface area contributed by atoms with Gasteiger partial charge in [0.05, 0.1) is 5.69 Å². The van der Waals surface area contributed by atoms with E-state index in [2.05, 4.69) is 15.5 Å². The lowest BCUT2D eigenvalue weighted by Gasteiger charge is -2.25. The minimum atomic E-state index is -1.27. The molecule has 3 atom stereocenters. The fraction of sp³-hybridized carbons (Fsp3) is 0.500. The molecule has 166 valence electrons. The summed E-state index contributed by atoms with van der Waals surface area (Å²) in [4.78, 5) is 14.1. The van der Waals surface area contributed by atoms with E-state index in [1.54, 1.807) is 11.0 Å². The average molecular weight is 434 g/mol. The molecular weight excluding hydrogens is 409 g/mol. The van der Waals surface area contributed by atoms with Gasteiger partial charge in [-0.2, -0.15) is 0 Å². The summed E-state index contributed by atoms with van der Waals surface area (Å²) in [5, 5.41) is 11.3. The van der Waals surface area contributed by atoms with Crippen LogP contribution in [0.3, 0.4) is 0 Å². The summed E-state index contributed by atoms with van der Waals surface area (Å²) in [6.45, 7) is 6.91. The smallest absolute Gasteiger partial charge is 0.410 e. The molecule has 9 heteroatoms. The van der Waals surface area contributed by atoms with Crippen LogP contribution < -0.4 is 5.32 Å². The molecule has 1 saturated heterocycles. The fourth-order valence-electron chi connectivity index (χ4n) is 4.40. The van der Waals surface area contributed by atoms with Crippen molar-refractivity contribution in [1.82, 2.24) is 15.1 Å². The van der Waals surface area contributed by atoms with Crippen LogP contribution in [0.5, 0.6) is 0 Å². The van der Waals surface area contributed by atoms with Gasteiger partial charge in [-0.3, -0.25) is 0 Å². The number of carbonyl (C=O) groups excluding carboxylic acids is 1. The van der Waals surface area contributed by atoms with E-state index in [0.29, 0.717) is 36.8 Å². The van der Waals surface area contributed by atoms with Crippen LogP contribution in [0.25, 0.3) is 11.3 Å². The van der Waals surface area contributed by atoms with Gasteiger partial charge in [0.15, 0.2) is 11.6 Å². The van der Waals surface area contributed by atoms with E-state index in [1.807, 2.05) is 20.8 Å². The quantitative estimate of drug-likeness (QED) is 0.714. The Morgan fingerprint density at radius 2 is 1.77 bits per heavy atom. The van der Waals surface area contributed by atoms with E-state index in [1.165, 1.54) is 6.07 Å². The van der Waals surface area contributed by atoms with Gasteiger partial charge in [-0.05, 0) is 63.6 Å². The molecule has 2 fully saturated rings. The number of aromatic nitrogens is 2. The number of hydrogen-bond acceptors (Lipinski definition) is 5. The summed E-state index contributed by atoms with van der Waals surface area (Å²) >= 11 is 0. The number of halogens is 3. The number of amides is 1. The molecule has 6 nitrogen and oxygen atoms in total. The summed E-state index contributed by atoms with van der Waals surface area (Å²) < 4.78 is 46.3. The first-order valence-electron chi connectivity index (χ1n) is 10.3. The van der Waals surface area contributed by atoms with Crippen LogP contribution in [0, 0.1) is 29.3 Å². The fourth-order valence-corrected chi connectivity index (χ4v) is 4.40. The molecule has 0 unspecified atom stereocenters. The maximum absolute atomic E-state index is 13.9. The van der Waals surface area contributed by atoms with Crippen LogP contribution in [-0.2, 0) is 4.74 Å². The minimum Gasteiger partial charge on any atom is -0.444 e. The molecule has 1 aromatic carbocycles. The average Bonchev–Trinajstić information content (AvgIpc) is 3.23. The second-order valence-electron chi connectivity index (χ2n) is 9.27. The van der Waals surface area contributed by atoms with Gasteiger partial charge in [-0.25, -0.2) is 18.0 Å². The van der Waals surface area contributed by atoms with Crippen molar-refractivity contribution in [2.24, 2.45) is 11.8 Å². The van der Waals surface area contributed by atoms with Gasteiger partial charge in [0.25, 0.3) is 0 Å². The Kier molecular flexibility index (Phi) is 5.53. The highest BCUT2D eigenvalue weighted by atomic mass is 19.2. The van der Waals surface area contributed by atoms with Crippen molar-refractivity contribution in [3.63, 3.8) is 0 Å². The predicted octanol–water partition coefficient (Wildman–Crippen LogP) is 4.62. The van der Waals surface area contributed by atoms with Crippen molar-refractivity contribution in [1.29, 1.82) is 0 Å². The van der Waals surface area contributed by atoms with Gasteiger partial charge >= 0.3 is 6.09 Å². The van der Waals surface area contributed by atoms with Gasteiger partial charge in [0, 0.05) is 30.8 Å². The number of fused-ring (bicyclic) bond motifs is 1. The van der Waals surface area contributed by atoms with Crippen LogP contribution in [0.2, 0.25) is 0 Å². The van der Waals surface area contributed by atoms with Gasteiger partial charge in [0.1, 0.15) is 17.2 Å². The van der Waals surface area contributed by atoms with Crippen molar-refractivity contribution >= 4 is 11.9 Å². The number of benzene rings is 1.